The first-order chi connectivity index (χ1) is 7.56. The number of amides is 1. The fourth-order valence-electron chi connectivity index (χ4n) is 1.83. The molecule has 0 aromatic carbocycles. The van der Waals surface area contributed by atoms with Crippen molar-refractivity contribution >= 4 is 11.9 Å². The molecule has 16 heavy (non-hydrogen) atoms. The average molecular weight is 226 g/mol. The third-order valence-corrected chi connectivity index (χ3v) is 2.87. The highest BCUT2D eigenvalue weighted by molar-refractivity contribution is 5.85. The maximum Gasteiger partial charge on any atom is 0.326 e. The van der Waals surface area contributed by atoms with Crippen molar-refractivity contribution in [2.45, 2.75) is 19.4 Å². The van der Waals surface area contributed by atoms with Gasteiger partial charge in [0.15, 0.2) is 0 Å². The van der Waals surface area contributed by atoms with Gasteiger partial charge in [-0.15, -0.1) is 6.58 Å². The lowest BCUT2D eigenvalue weighted by Gasteiger charge is -2.18. The number of rotatable bonds is 5. The van der Waals surface area contributed by atoms with Gasteiger partial charge in [-0.05, 0) is 18.9 Å². The molecule has 1 rings (SSSR count). The first-order valence-corrected chi connectivity index (χ1v) is 5.41. The van der Waals surface area contributed by atoms with E-state index in [1.807, 2.05) is 6.92 Å². The van der Waals surface area contributed by atoms with Gasteiger partial charge in [-0.1, -0.05) is 13.0 Å². The molecule has 1 aliphatic rings. The summed E-state index contributed by atoms with van der Waals surface area (Å²) in [6, 6.07) is -0.863. The van der Waals surface area contributed by atoms with Gasteiger partial charge in [0.1, 0.15) is 6.04 Å². The molecular weight excluding hydrogens is 208 g/mol. The van der Waals surface area contributed by atoms with Gasteiger partial charge in [-0.25, -0.2) is 4.79 Å². The van der Waals surface area contributed by atoms with Gasteiger partial charge in [0, 0.05) is 6.54 Å². The van der Waals surface area contributed by atoms with Crippen molar-refractivity contribution in [1.82, 2.24) is 10.6 Å². The molecule has 0 aromatic heterocycles. The van der Waals surface area contributed by atoms with Gasteiger partial charge in [0.2, 0.25) is 5.91 Å². The second-order valence-electron chi connectivity index (χ2n) is 4.17. The van der Waals surface area contributed by atoms with Crippen LogP contribution in [-0.2, 0) is 9.59 Å². The van der Waals surface area contributed by atoms with Crippen LogP contribution in [0.5, 0.6) is 0 Å². The van der Waals surface area contributed by atoms with Crippen LogP contribution in [0, 0.1) is 11.8 Å². The molecule has 3 atom stereocenters. The summed E-state index contributed by atoms with van der Waals surface area (Å²) in [5.74, 6) is -1.09. The smallest absolute Gasteiger partial charge is 0.326 e. The topological polar surface area (TPSA) is 78.4 Å². The van der Waals surface area contributed by atoms with Crippen LogP contribution in [0.4, 0.5) is 0 Å². The van der Waals surface area contributed by atoms with Crippen LogP contribution in [-0.4, -0.2) is 36.1 Å². The van der Waals surface area contributed by atoms with Crippen molar-refractivity contribution in [2.75, 3.05) is 13.1 Å². The zero-order valence-corrected chi connectivity index (χ0v) is 9.40. The monoisotopic (exact) mass is 226 g/mol. The molecular formula is C11H18N2O3. The van der Waals surface area contributed by atoms with Crippen molar-refractivity contribution in [3.63, 3.8) is 0 Å². The second-order valence-corrected chi connectivity index (χ2v) is 4.17. The van der Waals surface area contributed by atoms with E-state index in [-0.39, 0.29) is 24.2 Å². The molecule has 0 aliphatic carbocycles. The molecule has 5 nitrogen and oxygen atoms in total. The van der Waals surface area contributed by atoms with Gasteiger partial charge in [-0.3, -0.25) is 4.79 Å². The zero-order valence-electron chi connectivity index (χ0n) is 9.40. The fraction of sp³-hybridized carbons (Fsp3) is 0.636. The summed E-state index contributed by atoms with van der Waals surface area (Å²) in [5, 5.41) is 14.5. The third kappa shape index (κ3) is 3.06. The Hall–Kier alpha value is -1.36. The maximum atomic E-state index is 11.8. The van der Waals surface area contributed by atoms with E-state index in [0.717, 1.165) is 6.54 Å². The lowest BCUT2D eigenvalue weighted by atomic mass is 9.97. The molecule has 5 heteroatoms. The minimum atomic E-state index is -1.02. The van der Waals surface area contributed by atoms with E-state index in [9.17, 15) is 9.59 Å². The Morgan fingerprint density at radius 1 is 1.62 bits per heavy atom. The Labute approximate surface area is 94.9 Å². The Balaban J connectivity index is 2.53. The minimum Gasteiger partial charge on any atom is -0.480 e. The van der Waals surface area contributed by atoms with Gasteiger partial charge >= 0.3 is 5.97 Å². The SMILES string of the molecule is C=CCC(NC(=O)C1CNCC1C)C(=O)O. The molecule has 0 spiro atoms. The molecule has 1 aliphatic heterocycles. The number of aliphatic carboxylic acids is 1. The van der Waals surface area contributed by atoms with Gasteiger partial charge in [0.05, 0.1) is 5.92 Å². The van der Waals surface area contributed by atoms with Crippen LogP contribution in [0.1, 0.15) is 13.3 Å². The predicted octanol–water partition coefficient (Wildman–Crippen LogP) is -0.0126. The lowest BCUT2D eigenvalue weighted by Crippen LogP contribution is -2.44. The number of hydrogen-bond donors (Lipinski definition) is 3. The summed E-state index contributed by atoms with van der Waals surface area (Å²) in [6.07, 6.45) is 1.74. The lowest BCUT2D eigenvalue weighted by molar-refractivity contribution is -0.142. The zero-order chi connectivity index (χ0) is 12.1. The number of hydrogen-bond acceptors (Lipinski definition) is 3. The molecule has 1 amide bonds. The highest BCUT2D eigenvalue weighted by Gasteiger charge is 2.31. The average Bonchev–Trinajstić information content (AvgIpc) is 2.63. The molecule has 0 bridgehead atoms. The van der Waals surface area contributed by atoms with Crippen molar-refractivity contribution in [1.29, 1.82) is 0 Å². The molecule has 1 saturated heterocycles. The van der Waals surface area contributed by atoms with E-state index in [1.54, 1.807) is 0 Å². The number of carbonyl (C=O) groups is 2. The highest BCUT2D eigenvalue weighted by atomic mass is 16.4. The molecule has 90 valence electrons. The standard InChI is InChI=1S/C11H18N2O3/c1-3-4-9(11(15)16)13-10(14)8-6-12-5-7(8)2/h3,7-9,12H,1,4-6H2,2H3,(H,13,14)(H,15,16). The van der Waals surface area contributed by atoms with Crippen LogP contribution in [0.25, 0.3) is 0 Å². The number of carboxylic acids is 1. The summed E-state index contributed by atoms with van der Waals surface area (Å²) in [5.41, 5.74) is 0. The Morgan fingerprint density at radius 2 is 2.31 bits per heavy atom. The Morgan fingerprint density at radius 3 is 2.75 bits per heavy atom. The van der Waals surface area contributed by atoms with Crippen molar-refractivity contribution in [3.8, 4) is 0 Å². The Kier molecular flexibility index (Phi) is 4.49. The van der Waals surface area contributed by atoms with E-state index in [0.29, 0.717) is 6.54 Å². The van der Waals surface area contributed by atoms with Crippen LogP contribution < -0.4 is 10.6 Å². The van der Waals surface area contributed by atoms with E-state index >= 15 is 0 Å². The molecule has 3 N–H and O–H groups in total. The van der Waals surface area contributed by atoms with Gasteiger partial charge in [-0.2, -0.15) is 0 Å². The van der Waals surface area contributed by atoms with E-state index in [1.165, 1.54) is 6.08 Å². The van der Waals surface area contributed by atoms with Gasteiger partial charge in [0.25, 0.3) is 0 Å². The summed E-state index contributed by atoms with van der Waals surface area (Å²) >= 11 is 0. The van der Waals surface area contributed by atoms with E-state index in [2.05, 4.69) is 17.2 Å². The summed E-state index contributed by atoms with van der Waals surface area (Å²) in [7, 11) is 0. The maximum absolute atomic E-state index is 11.8. The molecule has 0 aromatic rings. The summed E-state index contributed by atoms with van der Waals surface area (Å²) < 4.78 is 0. The summed E-state index contributed by atoms with van der Waals surface area (Å²) in [4.78, 5) is 22.6. The van der Waals surface area contributed by atoms with Crippen molar-refractivity contribution < 1.29 is 14.7 Å². The molecule has 0 radical (unpaired) electrons. The van der Waals surface area contributed by atoms with Crippen LogP contribution in [0.2, 0.25) is 0 Å². The number of carbonyl (C=O) groups excluding carboxylic acids is 1. The first-order valence-electron chi connectivity index (χ1n) is 5.41. The third-order valence-electron chi connectivity index (χ3n) is 2.87. The number of carboxylic acid groups (broad SMARTS) is 1. The normalized spacial score (nSPS) is 26.1. The van der Waals surface area contributed by atoms with Crippen molar-refractivity contribution in [3.05, 3.63) is 12.7 Å². The molecule has 1 heterocycles. The highest BCUT2D eigenvalue weighted by Crippen LogP contribution is 2.16. The summed E-state index contributed by atoms with van der Waals surface area (Å²) in [6.45, 7) is 6.88. The van der Waals surface area contributed by atoms with Gasteiger partial charge < -0.3 is 15.7 Å². The molecule has 1 fully saturated rings. The first kappa shape index (κ1) is 12.7. The molecule has 0 saturated carbocycles. The minimum absolute atomic E-state index is 0.133. The van der Waals surface area contributed by atoms with E-state index < -0.39 is 12.0 Å². The quantitative estimate of drug-likeness (QED) is 0.576. The fourth-order valence-corrected chi connectivity index (χ4v) is 1.83. The molecule has 3 unspecified atom stereocenters. The number of nitrogens with one attached hydrogen (secondary N) is 2. The van der Waals surface area contributed by atoms with E-state index in [4.69, 9.17) is 5.11 Å². The largest absolute Gasteiger partial charge is 0.480 e. The second kappa shape index (κ2) is 5.65. The van der Waals surface area contributed by atoms with Crippen LogP contribution in [0.15, 0.2) is 12.7 Å². The Bertz CT molecular complexity index is 291. The van der Waals surface area contributed by atoms with Crippen LogP contribution in [0.3, 0.4) is 0 Å². The van der Waals surface area contributed by atoms with Crippen molar-refractivity contribution in [2.24, 2.45) is 11.8 Å². The predicted molar refractivity (Wildman–Crippen MR) is 59.9 cm³/mol. The van der Waals surface area contributed by atoms with Crippen LogP contribution >= 0.6 is 0 Å².